The molecule has 124 valence electrons. The third-order valence-corrected chi connectivity index (χ3v) is 5.09. The SMILES string of the molecule is C[Si](C)(C)O[C@]1(O)[C@@H]2OC[C@@H](O2)[C@](O)(O[Si](C)(C)C)[C@@H]1O. The molecule has 0 aromatic heterocycles. The lowest BCUT2D eigenvalue weighted by atomic mass is 9.94. The molecule has 2 rings (SSSR count). The summed E-state index contributed by atoms with van der Waals surface area (Å²) < 4.78 is 22.3. The van der Waals surface area contributed by atoms with Crippen molar-refractivity contribution in [2.24, 2.45) is 0 Å². The normalized spacial score (nSPS) is 44.1. The number of hydrogen-bond donors (Lipinski definition) is 3. The van der Waals surface area contributed by atoms with Crippen LogP contribution in [0, 0.1) is 0 Å². The molecule has 2 saturated heterocycles. The summed E-state index contributed by atoms with van der Waals surface area (Å²) in [5.41, 5.74) is 0. The van der Waals surface area contributed by atoms with Gasteiger partial charge < -0.3 is 33.6 Å². The standard InChI is InChI=1S/C12H26O7Si2/c1-20(2,3)18-11(14)8-7-16-10(17-8)12(15,9(11)13)19-21(4,5)6/h8-10,13-15H,7H2,1-6H3/t8-,9+,10-,11+,12+/m1/s1. The highest BCUT2D eigenvalue weighted by Crippen LogP contribution is 2.44. The van der Waals surface area contributed by atoms with E-state index in [0.717, 1.165) is 0 Å². The summed E-state index contributed by atoms with van der Waals surface area (Å²) in [5.74, 6) is -4.20. The van der Waals surface area contributed by atoms with Gasteiger partial charge in [0.05, 0.1) is 6.61 Å². The summed E-state index contributed by atoms with van der Waals surface area (Å²) in [4.78, 5) is 0. The molecule has 0 aromatic rings. The summed E-state index contributed by atoms with van der Waals surface area (Å²) in [5, 5.41) is 32.2. The van der Waals surface area contributed by atoms with Crippen LogP contribution in [0.1, 0.15) is 0 Å². The van der Waals surface area contributed by atoms with E-state index >= 15 is 0 Å². The van der Waals surface area contributed by atoms with Crippen molar-refractivity contribution in [3.8, 4) is 0 Å². The molecule has 7 nitrogen and oxygen atoms in total. The van der Waals surface area contributed by atoms with Gasteiger partial charge in [0.15, 0.2) is 22.7 Å². The fourth-order valence-electron chi connectivity index (χ4n) is 2.64. The van der Waals surface area contributed by atoms with Gasteiger partial charge in [0.2, 0.25) is 17.9 Å². The van der Waals surface area contributed by atoms with E-state index in [2.05, 4.69) is 0 Å². The lowest BCUT2D eigenvalue weighted by molar-refractivity contribution is -0.409. The minimum absolute atomic E-state index is 0.0279. The van der Waals surface area contributed by atoms with E-state index in [0.29, 0.717) is 0 Å². The fraction of sp³-hybridized carbons (Fsp3) is 1.00. The molecule has 2 heterocycles. The minimum atomic E-state index is -2.24. The maximum atomic E-state index is 10.8. The molecular weight excluding hydrogens is 312 g/mol. The Morgan fingerprint density at radius 2 is 1.43 bits per heavy atom. The van der Waals surface area contributed by atoms with Gasteiger partial charge in [0.25, 0.3) is 0 Å². The monoisotopic (exact) mass is 338 g/mol. The van der Waals surface area contributed by atoms with Crippen molar-refractivity contribution in [3.63, 3.8) is 0 Å². The molecule has 3 N–H and O–H groups in total. The second-order valence-corrected chi connectivity index (χ2v) is 16.5. The highest BCUT2D eigenvalue weighted by atomic mass is 28.4. The lowest BCUT2D eigenvalue weighted by Crippen LogP contribution is -2.74. The van der Waals surface area contributed by atoms with Crippen LogP contribution in [0.25, 0.3) is 0 Å². The predicted molar refractivity (Wildman–Crippen MR) is 79.4 cm³/mol. The number of rotatable bonds is 4. The molecule has 2 aliphatic heterocycles. The molecule has 2 fully saturated rings. The zero-order chi connectivity index (χ0) is 16.3. The zero-order valence-electron chi connectivity index (χ0n) is 13.4. The molecule has 9 heteroatoms. The smallest absolute Gasteiger partial charge is 0.241 e. The Labute approximate surface area is 127 Å². The third kappa shape index (κ3) is 3.26. The Morgan fingerprint density at radius 3 is 1.90 bits per heavy atom. The topological polar surface area (TPSA) is 97.6 Å². The Hall–Kier alpha value is 0.154. The third-order valence-electron chi connectivity index (χ3n) is 3.21. The molecule has 0 unspecified atom stereocenters. The van der Waals surface area contributed by atoms with E-state index < -0.39 is 46.7 Å². The Bertz CT molecular complexity index is 371. The van der Waals surface area contributed by atoms with E-state index in [1.165, 1.54) is 0 Å². The Morgan fingerprint density at radius 1 is 0.952 bits per heavy atom. The van der Waals surface area contributed by atoms with Crippen LogP contribution >= 0.6 is 0 Å². The second-order valence-electron chi connectivity index (χ2n) is 7.63. The van der Waals surface area contributed by atoms with Gasteiger partial charge in [-0.15, -0.1) is 0 Å². The van der Waals surface area contributed by atoms with Crippen LogP contribution in [-0.4, -0.2) is 68.6 Å². The highest BCUT2D eigenvalue weighted by molar-refractivity contribution is 6.70. The van der Waals surface area contributed by atoms with Crippen LogP contribution in [0.3, 0.4) is 0 Å². The van der Waals surface area contributed by atoms with Gasteiger partial charge in [-0.3, -0.25) is 0 Å². The van der Waals surface area contributed by atoms with Crippen LogP contribution in [0.15, 0.2) is 0 Å². The maximum Gasteiger partial charge on any atom is 0.241 e. The molecule has 2 bridgehead atoms. The molecule has 0 aromatic carbocycles. The summed E-state index contributed by atoms with van der Waals surface area (Å²) in [6.45, 7) is 11.2. The number of aliphatic hydroxyl groups is 3. The predicted octanol–water partition coefficient (Wildman–Crippen LogP) is 0.183. The highest BCUT2D eigenvalue weighted by Gasteiger charge is 2.69. The minimum Gasteiger partial charge on any atom is -0.387 e. The first kappa shape index (κ1) is 17.5. The van der Waals surface area contributed by atoms with E-state index in [4.69, 9.17) is 18.3 Å². The molecule has 0 spiro atoms. The van der Waals surface area contributed by atoms with Crippen LogP contribution in [-0.2, 0) is 18.3 Å². The van der Waals surface area contributed by atoms with Crippen LogP contribution in [0.4, 0.5) is 0 Å². The van der Waals surface area contributed by atoms with Gasteiger partial charge in [0, 0.05) is 0 Å². The van der Waals surface area contributed by atoms with E-state index in [-0.39, 0.29) is 6.61 Å². The van der Waals surface area contributed by atoms with Crippen molar-refractivity contribution in [3.05, 3.63) is 0 Å². The van der Waals surface area contributed by atoms with Crippen molar-refractivity contribution in [2.45, 2.75) is 69.4 Å². The molecular formula is C12H26O7Si2. The van der Waals surface area contributed by atoms with Crippen LogP contribution < -0.4 is 0 Å². The first-order chi connectivity index (χ1) is 9.28. The van der Waals surface area contributed by atoms with Crippen molar-refractivity contribution in [2.75, 3.05) is 6.61 Å². The molecule has 0 amide bonds. The molecule has 0 saturated carbocycles. The van der Waals surface area contributed by atoms with Crippen LogP contribution in [0.2, 0.25) is 39.3 Å². The molecule has 21 heavy (non-hydrogen) atoms. The maximum absolute atomic E-state index is 10.8. The van der Waals surface area contributed by atoms with Gasteiger partial charge in [-0.25, -0.2) is 0 Å². The van der Waals surface area contributed by atoms with E-state index in [1.54, 1.807) is 0 Å². The van der Waals surface area contributed by atoms with Crippen molar-refractivity contribution in [1.29, 1.82) is 0 Å². The summed E-state index contributed by atoms with van der Waals surface area (Å²) in [6.07, 6.45) is -3.65. The summed E-state index contributed by atoms with van der Waals surface area (Å²) in [6, 6.07) is 0. The number of hydrogen-bond acceptors (Lipinski definition) is 7. The van der Waals surface area contributed by atoms with Gasteiger partial charge in [0.1, 0.15) is 6.10 Å². The van der Waals surface area contributed by atoms with Gasteiger partial charge in [-0.1, -0.05) is 0 Å². The van der Waals surface area contributed by atoms with Crippen molar-refractivity contribution >= 4 is 16.6 Å². The van der Waals surface area contributed by atoms with Crippen LogP contribution in [0.5, 0.6) is 0 Å². The second kappa shape index (κ2) is 5.08. The first-order valence-corrected chi connectivity index (χ1v) is 13.9. The number of ether oxygens (including phenoxy) is 2. The van der Waals surface area contributed by atoms with E-state index in [1.807, 2.05) is 39.3 Å². The Kier molecular flexibility index (Phi) is 4.23. The average molecular weight is 339 g/mol. The van der Waals surface area contributed by atoms with Crippen molar-refractivity contribution in [1.82, 2.24) is 0 Å². The molecule has 2 aliphatic rings. The quantitative estimate of drug-likeness (QED) is 0.497. The van der Waals surface area contributed by atoms with Gasteiger partial charge >= 0.3 is 0 Å². The van der Waals surface area contributed by atoms with Gasteiger partial charge in [-0.2, -0.15) is 0 Å². The number of fused-ring (bicyclic) bond motifs is 2. The van der Waals surface area contributed by atoms with Gasteiger partial charge in [-0.05, 0) is 39.3 Å². The molecule has 0 radical (unpaired) electrons. The largest absolute Gasteiger partial charge is 0.387 e. The van der Waals surface area contributed by atoms with Crippen molar-refractivity contribution < 1.29 is 33.6 Å². The number of aliphatic hydroxyl groups excluding tert-OH is 1. The zero-order valence-corrected chi connectivity index (χ0v) is 15.4. The molecule has 0 aliphatic carbocycles. The lowest BCUT2D eigenvalue weighted by Gasteiger charge is -2.51. The first-order valence-electron chi connectivity index (χ1n) is 7.08. The Balaban J connectivity index is 2.36. The summed E-state index contributed by atoms with van der Waals surface area (Å²) >= 11 is 0. The average Bonchev–Trinajstić information content (AvgIpc) is 2.69. The molecule has 5 atom stereocenters. The fourth-order valence-corrected chi connectivity index (χ4v) is 5.06. The summed E-state index contributed by atoms with van der Waals surface area (Å²) in [7, 11) is -4.47. The van der Waals surface area contributed by atoms with E-state index in [9.17, 15) is 15.3 Å².